The molecule has 0 saturated carbocycles. The van der Waals surface area contributed by atoms with Gasteiger partial charge in [0.25, 0.3) is 0 Å². The first-order chi connectivity index (χ1) is 7.29. The van der Waals surface area contributed by atoms with Gasteiger partial charge >= 0.3 is 0 Å². The van der Waals surface area contributed by atoms with Crippen LogP contribution in [0.2, 0.25) is 5.02 Å². The maximum absolute atomic E-state index is 5.77. The van der Waals surface area contributed by atoms with Crippen LogP contribution in [0.25, 0.3) is 11.1 Å². The highest BCUT2D eigenvalue weighted by Crippen LogP contribution is 2.23. The van der Waals surface area contributed by atoms with Gasteiger partial charge in [-0.3, -0.25) is 0 Å². The minimum absolute atomic E-state index is 0.632. The predicted octanol–water partition coefficient (Wildman–Crippen LogP) is 3.82. The van der Waals surface area contributed by atoms with Crippen LogP contribution in [0.15, 0.2) is 42.5 Å². The van der Waals surface area contributed by atoms with E-state index in [9.17, 15) is 0 Å². The van der Waals surface area contributed by atoms with Crippen molar-refractivity contribution < 1.29 is 4.74 Å². The van der Waals surface area contributed by atoms with Crippen molar-refractivity contribution in [1.82, 2.24) is 0 Å². The molecule has 2 rings (SSSR count). The van der Waals surface area contributed by atoms with Gasteiger partial charge < -0.3 is 4.74 Å². The second-order valence-electron chi connectivity index (χ2n) is 3.15. The second kappa shape index (κ2) is 4.37. The average molecular weight is 218 g/mol. The van der Waals surface area contributed by atoms with Crippen LogP contribution < -0.4 is 4.74 Å². The van der Waals surface area contributed by atoms with E-state index in [1.807, 2.05) is 42.5 Å². The van der Waals surface area contributed by atoms with Gasteiger partial charge in [0.05, 0.1) is 7.11 Å². The Balaban J connectivity index is 2.33. The smallest absolute Gasteiger partial charge is 0.118 e. The van der Waals surface area contributed by atoms with E-state index in [4.69, 9.17) is 16.3 Å². The number of hydrogen-bond donors (Lipinski definition) is 0. The van der Waals surface area contributed by atoms with Crippen molar-refractivity contribution in [2.45, 2.75) is 0 Å². The molecule has 0 heterocycles. The Bertz CT molecular complexity index is 431. The van der Waals surface area contributed by atoms with Gasteiger partial charge in [-0.15, -0.1) is 0 Å². The lowest BCUT2D eigenvalue weighted by atomic mass is 10.1. The third kappa shape index (κ3) is 2.31. The molecule has 0 aliphatic carbocycles. The van der Waals surface area contributed by atoms with Crippen molar-refractivity contribution in [1.29, 1.82) is 0 Å². The van der Waals surface area contributed by atoms with Crippen LogP contribution in [0.5, 0.6) is 5.75 Å². The molecule has 0 spiro atoms. The highest BCUT2D eigenvalue weighted by molar-refractivity contribution is 6.30. The zero-order valence-electron chi connectivity index (χ0n) is 8.33. The Kier molecular flexibility index (Phi) is 2.93. The first-order valence-electron chi connectivity index (χ1n) is 4.61. The normalized spacial score (nSPS) is 10.0. The van der Waals surface area contributed by atoms with E-state index in [0.29, 0.717) is 5.02 Å². The summed E-state index contributed by atoms with van der Waals surface area (Å²) in [5.74, 6) is 0.858. The second-order valence-corrected chi connectivity index (χ2v) is 3.56. The van der Waals surface area contributed by atoms with E-state index in [-0.39, 0.29) is 0 Å². The maximum Gasteiger partial charge on any atom is 0.118 e. The molecule has 0 unspecified atom stereocenters. The molecule has 75 valence electrons. The fourth-order valence-electron chi connectivity index (χ4n) is 1.37. The molecule has 0 bridgehead atoms. The van der Waals surface area contributed by atoms with Gasteiger partial charge in [0.2, 0.25) is 0 Å². The zero-order valence-corrected chi connectivity index (χ0v) is 9.08. The maximum atomic E-state index is 5.77. The lowest BCUT2D eigenvalue weighted by Gasteiger charge is -2.03. The standard InChI is InChI=1S/C13H10ClO/c1-15-13-8-4-11(5-9-13)10-2-6-12(14)7-3-10/h2-6,8-9H,1H3. The van der Waals surface area contributed by atoms with Gasteiger partial charge in [-0.1, -0.05) is 29.8 Å². The number of methoxy groups -OCH3 is 1. The Labute approximate surface area is 94.3 Å². The molecule has 0 N–H and O–H groups in total. The molecule has 0 aliphatic rings. The summed E-state index contributed by atoms with van der Waals surface area (Å²) in [5.41, 5.74) is 2.23. The fourth-order valence-corrected chi connectivity index (χ4v) is 1.49. The summed E-state index contributed by atoms with van der Waals surface area (Å²) in [4.78, 5) is 0. The number of halogens is 1. The van der Waals surface area contributed by atoms with Crippen LogP contribution in [-0.4, -0.2) is 7.11 Å². The summed E-state index contributed by atoms with van der Waals surface area (Å²) < 4.78 is 5.10. The van der Waals surface area contributed by atoms with E-state index in [1.165, 1.54) is 0 Å². The fraction of sp³-hybridized carbons (Fsp3) is 0.0769. The molecule has 1 radical (unpaired) electrons. The Morgan fingerprint density at radius 1 is 1.00 bits per heavy atom. The molecule has 0 aliphatic heterocycles. The number of benzene rings is 2. The van der Waals surface area contributed by atoms with E-state index >= 15 is 0 Å². The van der Waals surface area contributed by atoms with Crippen LogP contribution in [0.1, 0.15) is 0 Å². The predicted molar refractivity (Wildman–Crippen MR) is 62.3 cm³/mol. The van der Waals surface area contributed by atoms with Crippen LogP contribution in [0, 0.1) is 6.07 Å². The molecule has 2 aromatic rings. The Morgan fingerprint density at radius 2 is 1.67 bits per heavy atom. The van der Waals surface area contributed by atoms with Crippen molar-refractivity contribution in [3.8, 4) is 16.9 Å². The van der Waals surface area contributed by atoms with Crippen LogP contribution in [0.4, 0.5) is 0 Å². The highest BCUT2D eigenvalue weighted by atomic mass is 35.5. The number of ether oxygens (including phenoxy) is 1. The van der Waals surface area contributed by atoms with Crippen LogP contribution in [-0.2, 0) is 0 Å². The molecular formula is C13H10ClO. The molecular weight excluding hydrogens is 208 g/mol. The summed E-state index contributed by atoms with van der Waals surface area (Å²) in [6.07, 6.45) is 0. The van der Waals surface area contributed by atoms with E-state index in [0.717, 1.165) is 16.9 Å². The van der Waals surface area contributed by atoms with Gasteiger partial charge in [-0.25, -0.2) is 0 Å². The molecule has 0 atom stereocenters. The van der Waals surface area contributed by atoms with E-state index < -0.39 is 0 Å². The van der Waals surface area contributed by atoms with Gasteiger partial charge in [0.15, 0.2) is 0 Å². The van der Waals surface area contributed by atoms with Crippen molar-refractivity contribution in [3.05, 3.63) is 53.6 Å². The SMILES string of the molecule is COc1ccc(-c2c[c]c(Cl)cc2)cc1. The summed E-state index contributed by atoms with van der Waals surface area (Å²) in [5, 5.41) is 0.632. The van der Waals surface area contributed by atoms with E-state index in [1.54, 1.807) is 7.11 Å². The first kappa shape index (κ1) is 10.1. The molecule has 0 fully saturated rings. The molecule has 1 nitrogen and oxygen atoms in total. The monoisotopic (exact) mass is 217 g/mol. The molecule has 0 saturated heterocycles. The minimum atomic E-state index is 0.632. The minimum Gasteiger partial charge on any atom is -0.497 e. The topological polar surface area (TPSA) is 9.23 Å². The molecule has 15 heavy (non-hydrogen) atoms. The zero-order chi connectivity index (χ0) is 10.7. The molecule has 2 aromatic carbocycles. The van der Waals surface area contributed by atoms with Crippen molar-refractivity contribution in [2.24, 2.45) is 0 Å². The third-order valence-corrected chi connectivity index (χ3v) is 2.43. The van der Waals surface area contributed by atoms with Crippen molar-refractivity contribution in [3.63, 3.8) is 0 Å². The highest BCUT2D eigenvalue weighted by Gasteiger charge is 1.97. The number of hydrogen-bond acceptors (Lipinski definition) is 1. The van der Waals surface area contributed by atoms with Gasteiger partial charge in [-0.2, -0.15) is 0 Å². The van der Waals surface area contributed by atoms with Crippen LogP contribution >= 0.6 is 11.6 Å². The quantitative estimate of drug-likeness (QED) is 0.743. The van der Waals surface area contributed by atoms with E-state index in [2.05, 4.69) is 6.07 Å². The lowest BCUT2D eigenvalue weighted by Crippen LogP contribution is -1.82. The van der Waals surface area contributed by atoms with Crippen molar-refractivity contribution in [2.75, 3.05) is 7.11 Å². The third-order valence-electron chi connectivity index (χ3n) is 2.20. The summed E-state index contributed by atoms with van der Waals surface area (Å²) in [7, 11) is 1.66. The van der Waals surface area contributed by atoms with Gasteiger partial charge in [-0.05, 0) is 35.4 Å². The van der Waals surface area contributed by atoms with Gasteiger partial charge in [0, 0.05) is 11.1 Å². The average Bonchev–Trinajstić information content (AvgIpc) is 2.30. The molecule has 0 amide bonds. The largest absolute Gasteiger partial charge is 0.497 e. The summed E-state index contributed by atoms with van der Waals surface area (Å²) >= 11 is 5.77. The van der Waals surface area contributed by atoms with Crippen LogP contribution in [0.3, 0.4) is 0 Å². The molecule has 2 heteroatoms. The summed E-state index contributed by atoms with van der Waals surface area (Å²) in [6, 6.07) is 16.5. The lowest BCUT2D eigenvalue weighted by molar-refractivity contribution is 0.415. The number of rotatable bonds is 2. The van der Waals surface area contributed by atoms with Gasteiger partial charge in [0.1, 0.15) is 5.75 Å². The Morgan fingerprint density at radius 3 is 2.20 bits per heavy atom. The molecule has 0 aromatic heterocycles. The van der Waals surface area contributed by atoms with Crippen molar-refractivity contribution >= 4 is 11.6 Å². The Hall–Kier alpha value is -1.47. The summed E-state index contributed by atoms with van der Waals surface area (Å²) in [6.45, 7) is 0. The first-order valence-corrected chi connectivity index (χ1v) is 4.99.